The molecule has 1 aliphatic carbocycles. The fourth-order valence-electron chi connectivity index (χ4n) is 2.04. The van der Waals surface area contributed by atoms with Crippen molar-refractivity contribution in [3.63, 3.8) is 0 Å². The van der Waals surface area contributed by atoms with E-state index in [1.807, 2.05) is 12.3 Å². The summed E-state index contributed by atoms with van der Waals surface area (Å²) in [5.41, 5.74) is 6.18. The molecule has 0 bridgehead atoms. The van der Waals surface area contributed by atoms with Crippen LogP contribution >= 0.6 is 0 Å². The number of rotatable bonds is 5. The van der Waals surface area contributed by atoms with Gasteiger partial charge in [0.15, 0.2) is 0 Å². The Bertz CT molecular complexity index is 364. The van der Waals surface area contributed by atoms with Gasteiger partial charge in [-0.2, -0.15) is 5.10 Å². The molecule has 88 valence electrons. The van der Waals surface area contributed by atoms with Gasteiger partial charge < -0.3 is 16.4 Å². The SMILES string of the molecule is NC1(CCNc2ccnn2C2CNC2)CC1. The van der Waals surface area contributed by atoms with Crippen molar-refractivity contribution < 1.29 is 0 Å². The summed E-state index contributed by atoms with van der Waals surface area (Å²) in [4.78, 5) is 0. The van der Waals surface area contributed by atoms with Gasteiger partial charge in [-0.1, -0.05) is 0 Å². The molecule has 0 amide bonds. The Morgan fingerprint density at radius 3 is 3.00 bits per heavy atom. The monoisotopic (exact) mass is 221 g/mol. The zero-order valence-electron chi connectivity index (χ0n) is 9.45. The third-order valence-corrected chi connectivity index (χ3v) is 3.60. The van der Waals surface area contributed by atoms with Crippen molar-refractivity contribution in [2.75, 3.05) is 25.0 Å². The van der Waals surface area contributed by atoms with Crippen LogP contribution in [0.15, 0.2) is 12.3 Å². The average Bonchev–Trinajstić information content (AvgIpc) is 2.72. The molecule has 0 spiro atoms. The molecule has 0 aromatic carbocycles. The predicted octanol–water partition coefficient (Wildman–Crippen LogP) is 0.321. The number of nitrogens with one attached hydrogen (secondary N) is 2. The van der Waals surface area contributed by atoms with Gasteiger partial charge in [0.05, 0.1) is 12.2 Å². The van der Waals surface area contributed by atoms with Crippen molar-refractivity contribution in [2.45, 2.75) is 30.8 Å². The van der Waals surface area contributed by atoms with Crippen molar-refractivity contribution in [3.8, 4) is 0 Å². The van der Waals surface area contributed by atoms with Crippen LogP contribution in [0, 0.1) is 0 Å². The molecule has 1 saturated carbocycles. The molecule has 2 fully saturated rings. The summed E-state index contributed by atoms with van der Waals surface area (Å²) in [7, 11) is 0. The molecular weight excluding hydrogens is 202 g/mol. The van der Waals surface area contributed by atoms with Gasteiger partial charge in [0, 0.05) is 31.2 Å². The highest BCUT2D eigenvalue weighted by molar-refractivity contribution is 5.35. The van der Waals surface area contributed by atoms with Gasteiger partial charge in [-0.25, -0.2) is 4.68 Å². The van der Waals surface area contributed by atoms with E-state index < -0.39 is 0 Å². The van der Waals surface area contributed by atoms with Crippen LogP contribution in [0.1, 0.15) is 25.3 Å². The van der Waals surface area contributed by atoms with Gasteiger partial charge in [-0.15, -0.1) is 0 Å². The van der Waals surface area contributed by atoms with E-state index in [2.05, 4.69) is 20.4 Å². The lowest BCUT2D eigenvalue weighted by atomic mass is 10.2. The molecule has 5 heteroatoms. The minimum atomic E-state index is 0.135. The molecule has 1 aromatic heterocycles. The molecule has 0 atom stereocenters. The van der Waals surface area contributed by atoms with E-state index in [1.165, 1.54) is 12.8 Å². The van der Waals surface area contributed by atoms with Crippen LogP contribution in [0.2, 0.25) is 0 Å². The summed E-state index contributed by atoms with van der Waals surface area (Å²) in [5, 5.41) is 11.0. The van der Waals surface area contributed by atoms with Crippen LogP contribution in [-0.2, 0) is 0 Å². The second-order valence-electron chi connectivity index (χ2n) is 5.01. The first-order valence-electron chi connectivity index (χ1n) is 6.04. The number of nitrogens with zero attached hydrogens (tertiary/aromatic N) is 2. The Morgan fingerprint density at radius 1 is 1.56 bits per heavy atom. The van der Waals surface area contributed by atoms with E-state index in [0.717, 1.165) is 31.9 Å². The van der Waals surface area contributed by atoms with Crippen LogP contribution in [0.4, 0.5) is 5.82 Å². The minimum absolute atomic E-state index is 0.135. The molecule has 1 aromatic rings. The van der Waals surface area contributed by atoms with Crippen LogP contribution < -0.4 is 16.4 Å². The van der Waals surface area contributed by atoms with Crippen molar-refractivity contribution in [1.82, 2.24) is 15.1 Å². The van der Waals surface area contributed by atoms with Crippen LogP contribution in [0.3, 0.4) is 0 Å². The summed E-state index contributed by atoms with van der Waals surface area (Å²) in [5.74, 6) is 1.12. The molecule has 0 unspecified atom stereocenters. The highest BCUT2D eigenvalue weighted by atomic mass is 15.4. The Balaban J connectivity index is 1.54. The summed E-state index contributed by atoms with van der Waals surface area (Å²) in [6.07, 6.45) is 5.28. The first kappa shape index (κ1) is 10.1. The highest BCUT2D eigenvalue weighted by Crippen LogP contribution is 2.35. The Hall–Kier alpha value is -1.07. The molecule has 2 aliphatic rings. The Kier molecular flexibility index (Phi) is 2.37. The second-order valence-corrected chi connectivity index (χ2v) is 5.01. The topological polar surface area (TPSA) is 67.9 Å². The van der Waals surface area contributed by atoms with Crippen molar-refractivity contribution in [1.29, 1.82) is 0 Å². The zero-order valence-corrected chi connectivity index (χ0v) is 9.45. The van der Waals surface area contributed by atoms with Gasteiger partial charge >= 0.3 is 0 Å². The lowest BCUT2D eigenvalue weighted by Crippen LogP contribution is -2.44. The van der Waals surface area contributed by atoms with Crippen LogP contribution in [0.5, 0.6) is 0 Å². The number of nitrogens with two attached hydrogens (primary N) is 1. The first-order valence-corrected chi connectivity index (χ1v) is 6.04. The summed E-state index contributed by atoms with van der Waals surface area (Å²) >= 11 is 0. The van der Waals surface area contributed by atoms with E-state index in [-0.39, 0.29) is 5.54 Å². The van der Waals surface area contributed by atoms with Gasteiger partial charge in [0.25, 0.3) is 0 Å². The normalized spacial score (nSPS) is 22.8. The average molecular weight is 221 g/mol. The third-order valence-electron chi connectivity index (χ3n) is 3.60. The standard InChI is InChI=1S/C11H19N5/c12-11(2-3-11)4-6-14-10-1-5-15-16(10)9-7-13-8-9/h1,5,9,13-14H,2-4,6-8,12H2. The smallest absolute Gasteiger partial charge is 0.124 e. The zero-order chi connectivity index (χ0) is 11.0. The predicted molar refractivity (Wildman–Crippen MR) is 63.4 cm³/mol. The highest BCUT2D eigenvalue weighted by Gasteiger charge is 2.37. The molecule has 4 N–H and O–H groups in total. The fourth-order valence-corrected chi connectivity index (χ4v) is 2.04. The van der Waals surface area contributed by atoms with Gasteiger partial charge in [0.2, 0.25) is 0 Å². The molecule has 5 nitrogen and oxygen atoms in total. The van der Waals surface area contributed by atoms with Crippen molar-refractivity contribution >= 4 is 5.82 Å². The molecule has 1 aliphatic heterocycles. The quantitative estimate of drug-likeness (QED) is 0.670. The molecule has 16 heavy (non-hydrogen) atoms. The van der Waals surface area contributed by atoms with E-state index in [4.69, 9.17) is 5.73 Å². The maximum atomic E-state index is 6.05. The fraction of sp³-hybridized carbons (Fsp3) is 0.727. The minimum Gasteiger partial charge on any atom is -0.370 e. The maximum Gasteiger partial charge on any atom is 0.124 e. The van der Waals surface area contributed by atoms with Crippen molar-refractivity contribution in [2.24, 2.45) is 5.73 Å². The second kappa shape index (κ2) is 3.75. The number of aromatic nitrogens is 2. The Labute approximate surface area is 95.4 Å². The molecule has 0 radical (unpaired) electrons. The van der Waals surface area contributed by atoms with Gasteiger partial charge in [-0.3, -0.25) is 0 Å². The summed E-state index contributed by atoms with van der Waals surface area (Å²) in [6, 6.07) is 2.55. The largest absolute Gasteiger partial charge is 0.370 e. The Morgan fingerprint density at radius 2 is 2.38 bits per heavy atom. The third kappa shape index (κ3) is 1.92. The van der Waals surface area contributed by atoms with Crippen LogP contribution in [0.25, 0.3) is 0 Å². The molecule has 1 saturated heterocycles. The first-order chi connectivity index (χ1) is 7.77. The lowest BCUT2D eigenvalue weighted by Gasteiger charge is -2.29. The number of anilines is 1. The van der Waals surface area contributed by atoms with E-state index in [1.54, 1.807) is 0 Å². The maximum absolute atomic E-state index is 6.05. The molecule has 2 heterocycles. The summed E-state index contributed by atoms with van der Waals surface area (Å²) in [6.45, 7) is 3.00. The number of hydrogen-bond acceptors (Lipinski definition) is 4. The number of hydrogen-bond donors (Lipinski definition) is 3. The molecule has 3 rings (SSSR count). The van der Waals surface area contributed by atoms with Crippen LogP contribution in [-0.4, -0.2) is 35.0 Å². The summed E-state index contributed by atoms with van der Waals surface area (Å²) < 4.78 is 2.08. The van der Waals surface area contributed by atoms with E-state index >= 15 is 0 Å². The van der Waals surface area contributed by atoms with E-state index in [0.29, 0.717) is 6.04 Å². The van der Waals surface area contributed by atoms with Gasteiger partial charge in [0.1, 0.15) is 5.82 Å². The van der Waals surface area contributed by atoms with E-state index in [9.17, 15) is 0 Å². The lowest BCUT2D eigenvalue weighted by molar-refractivity contribution is 0.321. The van der Waals surface area contributed by atoms with Crippen molar-refractivity contribution in [3.05, 3.63) is 12.3 Å². The van der Waals surface area contributed by atoms with Gasteiger partial charge in [-0.05, 0) is 19.3 Å². The molecular formula is C11H19N5.